The molecule has 3 aromatic heterocycles. The van der Waals surface area contributed by atoms with Crippen molar-refractivity contribution in [2.45, 2.75) is 44.0 Å². The van der Waals surface area contributed by atoms with Crippen LogP contribution in [-0.4, -0.2) is 37.4 Å². The van der Waals surface area contributed by atoms with E-state index >= 15 is 0 Å². The minimum absolute atomic E-state index is 0. The molecule has 1 saturated carbocycles. The molecule has 0 aliphatic heterocycles. The van der Waals surface area contributed by atoms with E-state index in [1.165, 1.54) is 12.3 Å². The lowest BCUT2D eigenvalue weighted by Gasteiger charge is -2.27. The molecule has 3 N–H and O–H groups in total. The zero-order valence-electron chi connectivity index (χ0n) is 14.3. The van der Waals surface area contributed by atoms with E-state index in [2.05, 4.69) is 25.5 Å². The highest BCUT2D eigenvalue weighted by Crippen LogP contribution is 2.38. The Hall–Kier alpha value is -2.68. The number of aromatic amines is 1. The minimum Gasteiger partial charge on any atom is -0.393 e. The van der Waals surface area contributed by atoms with Crippen molar-refractivity contribution in [2.75, 3.05) is 5.32 Å². The monoisotopic (exact) mass is 381 g/mol. The molecule has 27 heavy (non-hydrogen) atoms. The molecule has 146 valence electrons. The number of anilines is 1. The van der Waals surface area contributed by atoms with Gasteiger partial charge in [0, 0.05) is 20.5 Å². The summed E-state index contributed by atoms with van der Waals surface area (Å²) in [5, 5.41) is 19.9. The van der Waals surface area contributed by atoms with Crippen LogP contribution in [0.3, 0.4) is 0 Å². The molecular formula is C18H22F3N5O. The molecule has 9 heteroatoms. The van der Waals surface area contributed by atoms with Crippen molar-refractivity contribution in [3.05, 3.63) is 36.0 Å². The third kappa shape index (κ3) is 3.59. The maximum Gasteiger partial charge on any atom is 0.418 e. The van der Waals surface area contributed by atoms with Gasteiger partial charge in [-0.3, -0.25) is 5.10 Å². The van der Waals surface area contributed by atoms with Crippen LogP contribution >= 0.6 is 0 Å². The number of rotatable bonds is 3. The zero-order valence-corrected chi connectivity index (χ0v) is 14.3. The lowest BCUT2D eigenvalue weighted by molar-refractivity contribution is -0.137. The molecule has 4 rings (SSSR count). The Bertz CT molecular complexity index is 958. The fourth-order valence-corrected chi connectivity index (χ4v) is 3.42. The normalized spacial score (nSPS) is 20.7. The average molecular weight is 381 g/mol. The van der Waals surface area contributed by atoms with Gasteiger partial charge >= 0.3 is 6.18 Å². The number of fused-ring (bicyclic) bond motifs is 1. The fraction of sp³-hybridized carbons (Fsp3) is 0.389. The highest BCUT2D eigenvalue weighted by molar-refractivity contribution is 5.90. The van der Waals surface area contributed by atoms with Crippen molar-refractivity contribution in [1.82, 2.24) is 20.2 Å². The van der Waals surface area contributed by atoms with E-state index in [1.807, 2.05) is 0 Å². The van der Waals surface area contributed by atoms with E-state index in [-0.39, 0.29) is 26.4 Å². The quantitative estimate of drug-likeness (QED) is 0.632. The molecule has 0 amide bonds. The van der Waals surface area contributed by atoms with Gasteiger partial charge in [-0.15, -0.1) is 0 Å². The van der Waals surface area contributed by atoms with Crippen molar-refractivity contribution in [1.29, 1.82) is 0 Å². The van der Waals surface area contributed by atoms with Gasteiger partial charge in [0.1, 0.15) is 11.5 Å². The van der Waals surface area contributed by atoms with Gasteiger partial charge in [0.2, 0.25) is 0 Å². The van der Waals surface area contributed by atoms with Crippen LogP contribution in [0.5, 0.6) is 0 Å². The summed E-state index contributed by atoms with van der Waals surface area (Å²) in [6, 6.07) is 5.75. The third-order valence-corrected chi connectivity index (χ3v) is 4.82. The van der Waals surface area contributed by atoms with E-state index in [9.17, 15) is 18.3 Å². The second-order valence-electron chi connectivity index (χ2n) is 6.71. The predicted octanol–water partition coefficient (Wildman–Crippen LogP) is 4.25. The van der Waals surface area contributed by atoms with Crippen molar-refractivity contribution >= 4 is 16.9 Å². The molecular weight excluding hydrogens is 359 g/mol. The first-order valence-corrected chi connectivity index (χ1v) is 8.74. The van der Waals surface area contributed by atoms with Gasteiger partial charge < -0.3 is 10.4 Å². The topological polar surface area (TPSA) is 86.7 Å². The molecule has 3 aromatic rings. The molecule has 1 fully saturated rings. The first kappa shape index (κ1) is 17.7. The molecule has 0 saturated heterocycles. The molecule has 6 nitrogen and oxygen atoms in total. The molecule has 0 spiro atoms. The number of nitrogens with zero attached hydrogens (tertiary/aromatic N) is 3. The van der Waals surface area contributed by atoms with Gasteiger partial charge in [0.25, 0.3) is 0 Å². The first-order chi connectivity index (χ1) is 12.9. The number of pyridine rings is 2. The number of hydrogen-bond acceptors (Lipinski definition) is 5. The molecule has 0 atom stereocenters. The summed E-state index contributed by atoms with van der Waals surface area (Å²) >= 11 is 0. The van der Waals surface area contributed by atoms with Gasteiger partial charge in [-0.25, -0.2) is 9.97 Å². The van der Waals surface area contributed by atoms with Gasteiger partial charge in [0.05, 0.1) is 17.4 Å². The number of alkyl halides is 3. The van der Waals surface area contributed by atoms with Crippen LogP contribution in [0.25, 0.3) is 22.4 Å². The van der Waals surface area contributed by atoms with Gasteiger partial charge in [-0.1, -0.05) is 0 Å². The standard InChI is InChI=1S/C18H18F3N5O.2H2/c19-18(20,21)13-7-8-14(23-10-3-5-11(27)6-4-10)24-16(13)15-12-2-1-9-22-17(12)26-25-15;;/h1-2,7-11,27H,3-6H2,(H,23,24)(H,22,25,26);2*1H. The summed E-state index contributed by atoms with van der Waals surface area (Å²) in [5.41, 5.74) is -0.518. The van der Waals surface area contributed by atoms with Crippen LogP contribution in [0.15, 0.2) is 30.5 Å². The van der Waals surface area contributed by atoms with E-state index < -0.39 is 11.7 Å². The van der Waals surface area contributed by atoms with E-state index in [0.29, 0.717) is 29.7 Å². The molecule has 1 aliphatic carbocycles. The molecule has 0 aromatic carbocycles. The SMILES string of the molecule is OC1CCC(Nc2ccc(C(F)(F)F)c(-c3[nH]nc4ncccc34)n2)CC1.[HH].[HH]. The van der Waals surface area contributed by atoms with Crippen LogP contribution < -0.4 is 5.32 Å². The number of nitrogens with one attached hydrogen (secondary N) is 2. The Kier molecular flexibility index (Phi) is 4.47. The minimum atomic E-state index is -4.55. The number of hydrogen-bond donors (Lipinski definition) is 3. The second kappa shape index (κ2) is 6.80. The average Bonchev–Trinajstić information content (AvgIpc) is 3.07. The Morgan fingerprint density at radius 3 is 2.67 bits per heavy atom. The largest absolute Gasteiger partial charge is 0.418 e. The Morgan fingerprint density at radius 1 is 1.15 bits per heavy atom. The Labute approximate surface area is 155 Å². The molecule has 0 bridgehead atoms. The van der Waals surface area contributed by atoms with Crippen LogP contribution in [0.4, 0.5) is 19.0 Å². The zero-order chi connectivity index (χ0) is 19.0. The summed E-state index contributed by atoms with van der Waals surface area (Å²) in [7, 11) is 0. The number of aliphatic hydroxyl groups is 1. The fourth-order valence-electron chi connectivity index (χ4n) is 3.42. The van der Waals surface area contributed by atoms with Crippen LogP contribution in [-0.2, 0) is 6.18 Å². The smallest absolute Gasteiger partial charge is 0.393 e. The maximum atomic E-state index is 13.5. The maximum absolute atomic E-state index is 13.5. The highest BCUT2D eigenvalue weighted by Gasteiger charge is 2.36. The molecule has 0 radical (unpaired) electrons. The molecule has 0 unspecified atom stereocenters. The Balaban J connectivity index is 0.00000150. The highest BCUT2D eigenvalue weighted by atomic mass is 19.4. The Morgan fingerprint density at radius 2 is 1.93 bits per heavy atom. The van der Waals surface area contributed by atoms with Crippen LogP contribution in [0.2, 0.25) is 0 Å². The number of aliphatic hydroxyl groups excluding tert-OH is 1. The van der Waals surface area contributed by atoms with Crippen molar-refractivity contribution < 1.29 is 21.1 Å². The second-order valence-corrected chi connectivity index (χ2v) is 6.71. The lowest BCUT2D eigenvalue weighted by atomic mass is 9.93. The lowest BCUT2D eigenvalue weighted by Crippen LogP contribution is -2.28. The molecule has 3 heterocycles. The van der Waals surface area contributed by atoms with E-state index in [1.54, 1.807) is 12.1 Å². The van der Waals surface area contributed by atoms with Gasteiger partial charge in [-0.2, -0.15) is 18.3 Å². The first-order valence-electron chi connectivity index (χ1n) is 8.74. The summed E-state index contributed by atoms with van der Waals surface area (Å²) in [6.45, 7) is 0. The van der Waals surface area contributed by atoms with Crippen LogP contribution in [0.1, 0.15) is 34.1 Å². The molecule has 1 aliphatic rings. The van der Waals surface area contributed by atoms with Crippen molar-refractivity contribution in [3.8, 4) is 11.4 Å². The number of H-pyrrole nitrogens is 1. The summed E-state index contributed by atoms with van der Waals surface area (Å²) in [4.78, 5) is 8.30. The van der Waals surface area contributed by atoms with E-state index in [4.69, 9.17) is 0 Å². The van der Waals surface area contributed by atoms with Gasteiger partial charge in [-0.05, 0) is 49.9 Å². The van der Waals surface area contributed by atoms with Crippen LogP contribution in [0, 0.1) is 0 Å². The number of aromatic nitrogens is 4. The predicted molar refractivity (Wildman–Crippen MR) is 98.2 cm³/mol. The summed E-state index contributed by atoms with van der Waals surface area (Å²) in [5.74, 6) is 0.367. The van der Waals surface area contributed by atoms with Gasteiger partial charge in [0.15, 0.2) is 5.65 Å². The summed E-state index contributed by atoms with van der Waals surface area (Å²) in [6.07, 6.45) is -0.491. The van der Waals surface area contributed by atoms with E-state index in [0.717, 1.165) is 18.9 Å². The van der Waals surface area contributed by atoms with Crippen molar-refractivity contribution in [2.24, 2.45) is 0 Å². The number of halogens is 3. The van der Waals surface area contributed by atoms with Crippen molar-refractivity contribution in [3.63, 3.8) is 0 Å². The summed E-state index contributed by atoms with van der Waals surface area (Å²) < 4.78 is 40.6. The third-order valence-electron chi connectivity index (χ3n) is 4.82.